The van der Waals surface area contributed by atoms with Gasteiger partial charge in [0.2, 0.25) is 15.9 Å². The van der Waals surface area contributed by atoms with Gasteiger partial charge in [0.1, 0.15) is 10.5 Å². The minimum Gasteiger partial charge on any atom is -0.477 e. The lowest BCUT2D eigenvalue weighted by Crippen LogP contribution is -2.32. The Kier molecular flexibility index (Phi) is 5.12. The number of halogens is 3. The molecule has 2 rings (SSSR count). The molecular formula is C14H19F3N2O4S. The van der Waals surface area contributed by atoms with Crippen molar-refractivity contribution in [2.75, 3.05) is 6.61 Å². The van der Waals surface area contributed by atoms with Crippen LogP contribution in [0.1, 0.15) is 38.2 Å². The predicted octanol–water partition coefficient (Wildman–Crippen LogP) is 2.07. The standard InChI is InChI=1S/C14H19F3N2O4S/c1-13(20)4-2-9(3-5-13)8-23-12-11(14(15,16)17)6-10(7-19-12)24(18,21)22/h6-7,9,20H,2-5,8H2,1H3,(H2,18,21,22). The first kappa shape index (κ1) is 18.9. The summed E-state index contributed by atoms with van der Waals surface area (Å²) < 4.78 is 66.9. The average Bonchev–Trinajstić information content (AvgIpc) is 2.44. The molecule has 0 amide bonds. The highest BCUT2D eigenvalue weighted by molar-refractivity contribution is 7.89. The molecule has 0 bridgehead atoms. The van der Waals surface area contributed by atoms with E-state index in [9.17, 15) is 26.7 Å². The van der Waals surface area contributed by atoms with Crippen LogP contribution in [0.2, 0.25) is 0 Å². The van der Waals surface area contributed by atoms with Crippen LogP contribution in [0.4, 0.5) is 13.2 Å². The Bertz CT molecular complexity index is 694. The maximum atomic E-state index is 13.1. The first-order valence-corrected chi connectivity index (χ1v) is 8.88. The molecule has 1 fully saturated rings. The summed E-state index contributed by atoms with van der Waals surface area (Å²) in [5.41, 5.74) is -2.03. The van der Waals surface area contributed by atoms with E-state index in [0.717, 1.165) is 6.20 Å². The van der Waals surface area contributed by atoms with Gasteiger partial charge in [-0.2, -0.15) is 13.2 Å². The summed E-state index contributed by atoms with van der Waals surface area (Å²) in [6, 6.07) is 0.420. The lowest BCUT2D eigenvalue weighted by molar-refractivity contribution is -0.139. The van der Waals surface area contributed by atoms with Crippen LogP contribution < -0.4 is 9.88 Å². The monoisotopic (exact) mass is 368 g/mol. The van der Waals surface area contributed by atoms with Crippen LogP contribution in [-0.4, -0.2) is 30.7 Å². The molecule has 10 heteroatoms. The second-order valence-electron chi connectivity index (χ2n) is 6.32. The molecule has 6 nitrogen and oxygen atoms in total. The zero-order chi connectivity index (χ0) is 18.2. The summed E-state index contributed by atoms with van der Waals surface area (Å²) in [5.74, 6) is -0.668. The van der Waals surface area contributed by atoms with Gasteiger partial charge in [-0.05, 0) is 44.6 Å². The third kappa shape index (κ3) is 4.81. The van der Waals surface area contributed by atoms with E-state index in [1.807, 2.05) is 0 Å². The molecule has 1 aliphatic rings. The molecule has 3 N–H and O–H groups in total. The average molecular weight is 368 g/mol. The highest BCUT2D eigenvalue weighted by Crippen LogP contribution is 2.37. The SMILES string of the molecule is CC1(O)CCC(COc2ncc(S(N)(=O)=O)cc2C(F)(F)F)CC1. The van der Waals surface area contributed by atoms with Crippen molar-refractivity contribution in [3.05, 3.63) is 17.8 Å². The molecule has 1 aromatic rings. The topological polar surface area (TPSA) is 103 Å². The number of ether oxygens (including phenoxy) is 1. The number of rotatable bonds is 4. The zero-order valence-corrected chi connectivity index (χ0v) is 13.8. The van der Waals surface area contributed by atoms with E-state index in [1.165, 1.54) is 0 Å². The second kappa shape index (κ2) is 6.49. The Morgan fingerprint density at radius 3 is 2.50 bits per heavy atom. The number of alkyl halides is 3. The molecule has 1 heterocycles. The fourth-order valence-electron chi connectivity index (χ4n) is 2.57. The molecule has 1 saturated carbocycles. The Morgan fingerprint density at radius 1 is 1.42 bits per heavy atom. The summed E-state index contributed by atoms with van der Waals surface area (Å²) in [7, 11) is -4.30. The minimum atomic E-state index is -4.82. The van der Waals surface area contributed by atoms with Crippen molar-refractivity contribution in [1.29, 1.82) is 0 Å². The summed E-state index contributed by atoms with van der Waals surface area (Å²) in [6.07, 6.45) is -1.73. The molecule has 0 atom stereocenters. The number of aliphatic hydroxyl groups is 1. The Labute approximate surface area is 137 Å². The number of primary sulfonamides is 1. The maximum Gasteiger partial charge on any atom is 0.421 e. The molecule has 1 aromatic heterocycles. The Morgan fingerprint density at radius 2 is 2.00 bits per heavy atom. The largest absolute Gasteiger partial charge is 0.477 e. The first-order chi connectivity index (χ1) is 10.9. The molecular weight excluding hydrogens is 349 g/mol. The lowest BCUT2D eigenvalue weighted by atomic mass is 9.80. The van der Waals surface area contributed by atoms with E-state index in [4.69, 9.17) is 9.88 Å². The fourth-order valence-corrected chi connectivity index (χ4v) is 3.05. The van der Waals surface area contributed by atoms with Crippen molar-refractivity contribution in [3.63, 3.8) is 0 Å². The van der Waals surface area contributed by atoms with Crippen LogP contribution in [0.3, 0.4) is 0 Å². The smallest absolute Gasteiger partial charge is 0.421 e. The molecule has 0 radical (unpaired) electrons. The van der Waals surface area contributed by atoms with Crippen LogP contribution in [0.25, 0.3) is 0 Å². The molecule has 0 unspecified atom stereocenters. The number of sulfonamides is 1. The van der Waals surface area contributed by atoms with Crippen molar-refractivity contribution < 1.29 is 31.4 Å². The number of aromatic nitrogens is 1. The van der Waals surface area contributed by atoms with Gasteiger partial charge < -0.3 is 9.84 Å². The van der Waals surface area contributed by atoms with Crippen LogP contribution >= 0.6 is 0 Å². The van der Waals surface area contributed by atoms with E-state index < -0.39 is 38.1 Å². The lowest BCUT2D eigenvalue weighted by Gasteiger charge is -2.32. The quantitative estimate of drug-likeness (QED) is 0.847. The van der Waals surface area contributed by atoms with Gasteiger partial charge in [-0.15, -0.1) is 0 Å². The molecule has 136 valence electrons. The number of hydrogen-bond donors (Lipinski definition) is 2. The van der Waals surface area contributed by atoms with E-state index >= 15 is 0 Å². The molecule has 0 aromatic carbocycles. The molecule has 24 heavy (non-hydrogen) atoms. The molecule has 1 aliphatic carbocycles. The number of nitrogens with zero attached hydrogens (tertiary/aromatic N) is 1. The minimum absolute atomic E-state index is 0.00558. The van der Waals surface area contributed by atoms with Crippen LogP contribution in [0.15, 0.2) is 17.2 Å². The fraction of sp³-hybridized carbons (Fsp3) is 0.643. The van der Waals surface area contributed by atoms with Gasteiger partial charge in [0, 0.05) is 0 Å². The van der Waals surface area contributed by atoms with Gasteiger partial charge in [0.25, 0.3) is 0 Å². The van der Waals surface area contributed by atoms with Gasteiger partial charge in [0.05, 0.1) is 18.4 Å². The Balaban J connectivity index is 2.15. The van der Waals surface area contributed by atoms with Crippen LogP contribution in [-0.2, 0) is 16.2 Å². The van der Waals surface area contributed by atoms with Crippen molar-refractivity contribution >= 4 is 10.0 Å². The predicted molar refractivity (Wildman–Crippen MR) is 78.7 cm³/mol. The van der Waals surface area contributed by atoms with Gasteiger partial charge in [-0.3, -0.25) is 0 Å². The van der Waals surface area contributed by atoms with E-state index in [0.29, 0.717) is 31.7 Å². The van der Waals surface area contributed by atoms with Gasteiger partial charge >= 0.3 is 6.18 Å². The van der Waals surface area contributed by atoms with E-state index in [2.05, 4.69) is 4.98 Å². The van der Waals surface area contributed by atoms with E-state index in [1.54, 1.807) is 6.92 Å². The van der Waals surface area contributed by atoms with Gasteiger partial charge in [-0.1, -0.05) is 0 Å². The van der Waals surface area contributed by atoms with Crippen molar-refractivity contribution in [3.8, 4) is 5.88 Å². The summed E-state index contributed by atoms with van der Waals surface area (Å²) in [5, 5.41) is 14.7. The van der Waals surface area contributed by atoms with Crippen LogP contribution in [0.5, 0.6) is 5.88 Å². The van der Waals surface area contributed by atoms with Gasteiger partial charge in [-0.25, -0.2) is 18.5 Å². The van der Waals surface area contributed by atoms with Crippen molar-refractivity contribution in [1.82, 2.24) is 4.98 Å². The Hall–Kier alpha value is -1.39. The zero-order valence-electron chi connectivity index (χ0n) is 13.0. The number of nitrogens with two attached hydrogens (primary N) is 1. The molecule has 0 saturated heterocycles. The van der Waals surface area contributed by atoms with Crippen molar-refractivity contribution in [2.45, 2.75) is 49.3 Å². The number of hydrogen-bond acceptors (Lipinski definition) is 5. The highest BCUT2D eigenvalue weighted by Gasteiger charge is 2.37. The molecule has 0 aliphatic heterocycles. The normalized spacial score (nSPS) is 25.5. The van der Waals surface area contributed by atoms with Gasteiger partial charge in [0.15, 0.2) is 0 Å². The summed E-state index contributed by atoms with van der Waals surface area (Å²) >= 11 is 0. The highest BCUT2D eigenvalue weighted by atomic mass is 32.2. The van der Waals surface area contributed by atoms with Crippen LogP contribution in [0, 0.1) is 5.92 Å². The summed E-state index contributed by atoms with van der Waals surface area (Å²) in [4.78, 5) is 2.75. The second-order valence-corrected chi connectivity index (χ2v) is 7.88. The third-order valence-corrected chi connectivity index (χ3v) is 4.98. The van der Waals surface area contributed by atoms with E-state index in [-0.39, 0.29) is 12.5 Å². The molecule has 0 spiro atoms. The third-order valence-electron chi connectivity index (χ3n) is 4.10. The first-order valence-electron chi connectivity index (χ1n) is 7.34. The van der Waals surface area contributed by atoms with Crippen molar-refractivity contribution in [2.24, 2.45) is 11.1 Å². The number of pyridine rings is 1. The maximum absolute atomic E-state index is 13.1. The summed E-state index contributed by atoms with van der Waals surface area (Å²) in [6.45, 7) is 1.74.